The Labute approximate surface area is 313 Å². The SMILES string of the molecule is Fc1[c-]c(F)c(F)c(F)c1F.Fc1[c-]c(F)c(F)c(F)c1F.Fc1[c-]c(F)c(F)c(F)c1F.[Au+3].[CH2-][P+](c1ccccc1)(c1ccccc1)c1ccccc1. The first-order valence-corrected chi connectivity index (χ1v) is 16.0. The second-order valence-corrected chi connectivity index (χ2v) is 13.1. The molecule has 0 saturated heterocycles. The van der Waals surface area contributed by atoms with Crippen molar-refractivity contribution in [1.82, 2.24) is 0 Å². The quantitative estimate of drug-likeness (QED) is 0.0414. The molecule has 6 aromatic carbocycles. The zero-order chi connectivity index (χ0) is 39.6. The summed E-state index contributed by atoms with van der Waals surface area (Å²) in [6.45, 7) is 4.69. The van der Waals surface area contributed by atoms with Crippen LogP contribution in [0.15, 0.2) is 91.0 Å². The summed E-state index contributed by atoms with van der Waals surface area (Å²) in [6.07, 6.45) is 0. The Morgan fingerprint density at radius 1 is 0.296 bits per heavy atom. The van der Waals surface area contributed by atoms with Gasteiger partial charge in [-0.15, -0.1) is 18.2 Å². The zero-order valence-electron chi connectivity index (χ0n) is 26.3. The van der Waals surface area contributed by atoms with Crippen molar-refractivity contribution in [2.24, 2.45) is 0 Å². The van der Waals surface area contributed by atoms with Crippen molar-refractivity contribution in [3.8, 4) is 0 Å². The van der Waals surface area contributed by atoms with E-state index in [0.29, 0.717) is 0 Å². The summed E-state index contributed by atoms with van der Waals surface area (Å²) in [4.78, 5) is 0. The van der Waals surface area contributed by atoms with E-state index in [4.69, 9.17) is 6.66 Å². The smallest absolute Gasteiger partial charge is 0.278 e. The molecule has 0 N–H and O–H groups in total. The third-order valence-corrected chi connectivity index (χ3v) is 10.1. The molecule has 0 aromatic heterocycles. The van der Waals surface area contributed by atoms with Crippen molar-refractivity contribution < 1.29 is 88.2 Å². The Morgan fingerprint density at radius 3 is 0.630 bits per heavy atom. The average Bonchev–Trinajstić information content (AvgIpc) is 3.17. The fourth-order valence-electron chi connectivity index (χ4n) is 3.98. The third kappa shape index (κ3) is 10.8. The monoisotopic (exact) mass is 974 g/mol. The molecule has 0 aliphatic carbocycles. The van der Waals surface area contributed by atoms with Gasteiger partial charge in [0.1, 0.15) is 0 Å². The molecule has 6 aromatic rings. The standard InChI is InChI=1S/C19H17P.3C6F5.Au/c1-20(17-11-5-2-6-12-17,18-13-7-3-8-14-18)19-15-9-4-10-16-19;3*7-2-1-3(8)5(10)6(11)4(2)9;/h2-16H,1H2;;;;/q;3*-1;+3. The molecular weight excluding hydrogens is 957 g/mol. The summed E-state index contributed by atoms with van der Waals surface area (Å²) in [6, 6.07) is 35.0. The minimum atomic E-state index is -2.17. The summed E-state index contributed by atoms with van der Waals surface area (Å²) in [7, 11) is -1.78. The number of rotatable bonds is 3. The van der Waals surface area contributed by atoms with Crippen molar-refractivity contribution in [2.75, 3.05) is 0 Å². The maximum absolute atomic E-state index is 12.0. The van der Waals surface area contributed by atoms with E-state index in [-0.39, 0.29) is 22.4 Å². The van der Waals surface area contributed by atoms with Crippen LogP contribution in [0.1, 0.15) is 0 Å². The molecule has 0 amide bonds. The number of benzene rings is 6. The van der Waals surface area contributed by atoms with E-state index in [1.54, 1.807) is 0 Å². The molecule has 0 nitrogen and oxygen atoms in total. The van der Waals surface area contributed by atoms with Crippen molar-refractivity contribution >= 4 is 23.2 Å². The van der Waals surface area contributed by atoms with Gasteiger partial charge in [-0.3, -0.25) is 26.3 Å². The van der Waals surface area contributed by atoms with Gasteiger partial charge < -0.3 is 0 Å². The van der Waals surface area contributed by atoms with Crippen molar-refractivity contribution in [3.05, 3.63) is 203 Å². The molecule has 0 atom stereocenters. The molecule has 0 aliphatic rings. The van der Waals surface area contributed by atoms with Gasteiger partial charge in [0, 0.05) is 0 Å². The predicted molar refractivity (Wildman–Crippen MR) is 166 cm³/mol. The van der Waals surface area contributed by atoms with Crippen LogP contribution in [0.4, 0.5) is 65.9 Å². The third-order valence-electron chi connectivity index (χ3n) is 6.56. The summed E-state index contributed by atoms with van der Waals surface area (Å²) in [5.41, 5.74) is 0. The van der Waals surface area contributed by atoms with E-state index in [0.717, 1.165) is 18.2 Å². The van der Waals surface area contributed by atoms with Crippen LogP contribution >= 0.6 is 7.26 Å². The van der Waals surface area contributed by atoms with Crippen LogP contribution in [0.2, 0.25) is 0 Å². The summed E-state index contributed by atoms with van der Waals surface area (Å²) in [5.74, 6) is -30.1. The average molecular weight is 974 g/mol. The van der Waals surface area contributed by atoms with E-state index in [2.05, 4.69) is 91.0 Å². The molecule has 0 aliphatic heterocycles. The van der Waals surface area contributed by atoms with Crippen LogP contribution in [0, 0.1) is 112 Å². The molecule has 17 heteroatoms. The molecule has 0 spiro atoms. The van der Waals surface area contributed by atoms with Crippen molar-refractivity contribution in [2.45, 2.75) is 0 Å². The maximum Gasteiger partial charge on any atom is 3.00 e. The molecule has 0 heterocycles. The van der Waals surface area contributed by atoms with E-state index in [1.807, 2.05) is 0 Å². The van der Waals surface area contributed by atoms with Gasteiger partial charge in [-0.05, 0) is 43.7 Å². The van der Waals surface area contributed by atoms with Crippen LogP contribution in [-0.2, 0) is 22.4 Å². The molecule has 0 bridgehead atoms. The van der Waals surface area contributed by atoms with Crippen molar-refractivity contribution in [3.63, 3.8) is 0 Å². The molecule has 0 fully saturated rings. The normalized spacial score (nSPS) is 10.4. The summed E-state index contributed by atoms with van der Waals surface area (Å²) >= 11 is 0. The van der Waals surface area contributed by atoms with E-state index in [9.17, 15) is 65.9 Å². The summed E-state index contributed by atoms with van der Waals surface area (Å²) < 4.78 is 180. The fraction of sp³-hybridized carbons (Fsp3) is 0. The van der Waals surface area contributed by atoms with Gasteiger partial charge in [0.2, 0.25) is 0 Å². The van der Waals surface area contributed by atoms with Crippen LogP contribution < -0.4 is 15.9 Å². The second-order valence-electron chi connectivity index (χ2n) is 9.90. The Morgan fingerprint density at radius 2 is 0.463 bits per heavy atom. The van der Waals surface area contributed by atoms with E-state index >= 15 is 0 Å². The van der Waals surface area contributed by atoms with E-state index < -0.39 is 94.5 Å². The Hall–Kier alpha value is -4.56. The zero-order valence-corrected chi connectivity index (χ0v) is 29.3. The molecule has 6 rings (SSSR count). The molecule has 54 heavy (non-hydrogen) atoms. The van der Waals surface area contributed by atoms with Crippen LogP contribution in [0.3, 0.4) is 0 Å². The van der Waals surface area contributed by atoms with Crippen molar-refractivity contribution in [1.29, 1.82) is 0 Å². The number of hydrogen-bond acceptors (Lipinski definition) is 0. The van der Waals surface area contributed by atoms with Gasteiger partial charge in [0.25, 0.3) is 0 Å². The largest absolute Gasteiger partial charge is 3.00 e. The van der Waals surface area contributed by atoms with Gasteiger partial charge in [-0.25, -0.2) is 39.5 Å². The van der Waals surface area contributed by atoms with Gasteiger partial charge in [-0.1, -0.05) is 54.6 Å². The molecular formula is C37H17AuF15P. The first kappa shape index (κ1) is 45.6. The van der Waals surface area contributed by atoms with Gasteiger partial charge in [0.05, 0.1) is 103 Å². The maximum atomic E-state index is 12.0. The minimum Gasteiger partial charge on any atom is -0.278 e. The van der Waals surface area contributed by atoms with Crippen LogP contribution in [0.25, 0.3) is 0 Å². The van der Waals surface area contributed by atoms with Gasteiger partial charge in [-0.2, -0.15) is 6.66 Å². The van der Waals surface area contributed by atoms with E-state index in [1.165, 1.54) is 15.9 Å². The molecule has 286 valence electrons. The molecule has 0 unspecified atom stereocenters. The fourth-order valence-corrected chi connectivity index (χ4v) is 6.92. The predicted octanol–water partition coefficient (Wildman–Crippen LogP) is 10.3. The topological polar surface area (TPSA) is 0 Å². The minimum absolute atomic E-state index is 0. The first-order chi connectivity index (χ1) is 24.9. The first-order valence-electron chi connectivity index (χ1n) is 14.1. The summed E-state index contributed by atoms with van der Waals surface area (Å²) in [5, 5.41) is 3.95. The van der Waals surface area contributed by atoms with Gasteiger partial charge in [0.15, 0.2) is 0 Å². The Kier molecular flexibility index (Phi) is 17.1. The Balaban J connectivity index is 0.000000259. The number of hydrogen-bond donors (Lipinski definition) is 0. The molecule has 0 radical (unpaired) electrons. The molecule has 0 saturated carbocycles. The van der Waals surface area contributed by atoms with Crippen LogP contribution in [-0.4, -0.2) is 0 Å². The number of halogens is 15. The van der Waals surface area contributed by atoms with Crippen LogP contribution in [0.5, 0.6) is 0 Å². The Bertz CT molecular complexity index is 1830. The van der Waals surface area contributed by atoms with Gasteiger partial charge >= 0.3 is 22.4 Å². The second kappa shape index (κ2) is 20.2.